The first kappa shape index (κ1) is 17.2. The third kappa shape index (κ3) is 2.69. The molecule has 0 unspecified atom stereocenters. The second-order valence-corrected chi connectivity index (χ2v) is 7.70. The molecule has 148 valence electrons. The van der Waals surface area contributed by atoms with Gasteiger partial charge in [-0.2, -0.15) is 0 Å². The summed E-state index contributed by atoms with van der Waals surface area (Å²) < 4.78 is 8.03. The Bertz CT molecular complexity index is 1410. The van der Waals surface area contributed by atoms with Gasteiger partial charge in [0.1, 0.15) is 16.9 Å². The van der Waals surface area contributed by atoms with Gasteiger partial charge in [-0.1, -0.05) is 42.5 Å². The lowest BCUT2D eigenvalue weighted by atomic mass is 10.00. The Hall–Kier alpha value is -3.64. The maximum atomic E-state index is 12.7. The van der Waals surface area contributed by atoms with Crippen LogP contribution in [-0.4, -0.2) is 26.0 Å². The van der Waals surface area contributed by atoms with E-state index < -0.39 is 0 Å². The molecule has 0 spiro atoms. The molecule has 5 aromatic rings. The highest BCUT2D eigenvalue weighted by Crippen LogP contribution is 2.33. The number of hydrogen-bond donors (Lipinski definition) is 1. The maximum absolute atomic E-state index is 12.7. The minimum Gasteiger partial charge on any atom is -0.449 e. The summed E-state index contributed by atoms with van der Waals surface area (Å²) in [7, 11) is 0. The average molecular weight is 396 g/mol. The monoisotopic (exact) mass is 396 g/mol. The quantitative estimate of drug-likeness (QED) is 0.499. The minimum absolute atomic E-state index is 0.108. The van der Waals surface area contributed by atoms with E-state index in [9.17, 15) is 4.79 Å². The van der Waals surface area contributed by atoms with Crippen molar-refractivity contribution in [2.24, 2.45) is 0 Å². The first-order valence-electron chi connectivity index (χ1n) is 10.1. The molecule has 6 heteroatoms. The van der Waals surface area contributed by atoms with Gasteiger partial charge >= 0.3 is 0 Å². The van der Waals surface area contributed by atoms with Gasteiger partial charge in [0.15, 0.2) is 0 Å². The van der Waals surface area contributed by atoms with Crippen molar-refractivity contribution in [1.29, 1.82) is 0 Å². The average Bonchev–Trinajstić information content (AvgIpc) is 3.39. The first-order valence-corrected chi connectivity index (χ1v) is 10.1. The van der Waals surface area contributed by atoms with Gasteiger partial charge in [0, 0.05) is 30.4 Å². The van der Waals surface area contributed by atoms with Crippen molar-refractivity contribution in [1.82, 2.24) is 19.4 Å². The molecule has 0 bridgehead atoms. The predicted octanol–water partition coefficient (Wildman–Crippen LogP) is 4.08. The molecule has 1 N–H and O–H groups in total. The molecule has 1 aliphatic heterocycles. The molecule has 6 rings (SSSR count). The number of furan rings is 1. The van der Waals surface area contributed by atoms with Crippen molar-refractivity contribution in [3.05, 3.63) is 100 Å². The summed E-state index contributed by atoms with van der Waals surface area (Å²) in [6.07, 6.45) is 2.13. The number of aromatic amines is 1. The molecule has 0 saturated carbocycles. The number of nitrogens with one attached hydrogen (secondary N) is 1. The number of fused-ring (bicyclic) bond motifs is 4. The van der Waals surface area contributed by atoms with Crippen molar-refractivity contribution >= 4 is 22.1 Å². The van der Waals surface area contributed by atoms with Crippen molar-refractivity contribution in [3.63, 3.8) is 0 Å². The third-order valence-corrected chi connectivity index (χ3v) is 5.89. The number of H-pyrrole nitrogens is 1. The fraction of sp³-hybridized carbons (Fsp3) is 0.167. The number of rotatable bonds is 3. The van der Waals surface area contributed by atoms with E-state index in [-0.39, 0.29) is 17.2 Å². The lowest BCUT2D eigenvalue weighted by molar-refractivity contribution is 0.170. The normalized spacial score (nSPS) is 16.9. The second-order valence-electron chi connectivity index (χ2n) is 7.70. The van der Waals surface area contributed by atoms with Crippen LogP contribution in [0.25, 0.3) is 22.1 Å². The van der Waals surface area contributed by atoms with Gasteiger partial charge in [0.2, 0.25) is 5.58 Å². The molecule has 3 aromatic heterocycles. The van der Waals surface area contributed by atoms with Crippen molar-refractivity contribution in [3.8, 4) is 0 Å². The Morgan fingerprint density at radius 2 is 1.83 bits per heavy atom. The van der Waals surface area contributed by atoms with E-state index in [0.717, 1.165) is 18.5 Å². The van der Waals surface area contributed by atoms with Crippen LogP contribution >= 0.6 is 0 Å². The Morgan fingerprint density at radius 3 is 2.73 bits per heavy atom. The lowest BCUT2D eigenvalue weighted by Gasteiger charge is -2.37. The molecular weight excluding hydrogens is 376 g/mol. The van der Waals surface area contributed by atoms with Gasteiger partial charge in [-0.05, 0) is 29.8 Å². The van der Waals surface area contributed by atoms with Crippen LogP contribution in [0, 0.1) is 0 Å². The van der Waals surface area contributed by atoms with Crippen LogP contribution in [0.3, 0.4) is 0 Å². The largest absolute Gasteiger partial charge is 0.449 e. The van der Waals surface area contributed by atoms with E-state index in [1.54, 1.807) is 0 Å². The van der Waals surface area contributed by atoms with Crippen LogP contribution in [-0.2, 0) is 13.1 Å². The molecule has 2 aromatic carbocycles. The molecule has 1 atom stereocenters. The van der Waals surface area contributed by atoms with E-state index in [1.165, 1.54) is 11.3 Å². The molecule has 1 aliphatic rings. The molecular formula is C24H20N4O2. The molecule has 4 heterocycles. The molecule has 0 saturated heterocycles. The van der Waals surface area contributed by atoms with Gasteiger partial charge in [0.05, 0.1) is 12.6 Å². The Balaban J connectivity index is 1.44. The van der Waals surface area contributed by atoms with Gasteiger partial charge in [0.25, 0.3) is 5.56 Å². The second kappa shape index (κ2) is 6.71. The van der Waals surface area contributed by atoms with Crippen molar-refractivity contribution in [2.75, 3.05) is 6.54 Å². The lowest BCUT2D eigenvalue weighted by Crippen LogP contribution is -2.38. The topological polar surface area (TPSA) is 67.1 Å². The molecule has 6 nitrogen and oxygen atoms in total. The Labute approximate surface area is 172 Å². The highest BCUT2D eigenvalue weighted by molar-refractivity contribution is 6.01. The molecule has 0 fully saturated rings. The van der Waals surface area contributed by atoms with E-state index in [4.69, 9.17) is 9.40 Å². The van der Waals surface area contributed by atoms with Gasteiger partial charge in [-0.15, -0.1) is 0 Å². The molecule has 0 radical (unpaired) electrons. The summed E-state index contributed by atoms with van der Waals surface area (Å²) in [5.74, 6) is 0.653. The SMILES string of the molecule is O=c1[nH]c(CN2CCn3cccc3[C@H]2c2ccccc2)nc2c1oc1ccccc12. The highest BCUT2D eigenvalue weighted by Gasteiger charge is 2.29. The zero-order valence-corrected chi connectivity index (χ0v) is 16.3. The van der Waals surface area contributed by atoms with E-state index >= 15 is 0 Å². The van der Waals surface area contributed by atoms with Gasteiger partial charge < -0.3 is 14.0 Å². The Morgan fingerprint density at radius 1 is 1.00 bits per heavy atom. The van der Waals surface area contributed by atoms with Crippen LogP contribution < -0.4 is 5.56 Å². The van der Waals surface area contributed by atoms with E-state index in [1.807, 2.05) is 30.3 Å². The number of para-hydroxylation sites is 1. The minimum atomic E-state index is -0.233. The Kier molecular flexibility index (Phi) is 3.86. The van der Waals surface area contributed by atoms with E-state index in [0.29, 0.717) is 23.5 Å². The molecule has 0 aliphatic carbocycles. The maximum Gasteiger partial charge on any atom is 0.294 e. The summed E-state index contributed by atoms with van der Waals surface area (Å²) in [5.41, 5.74) is 3.84. The summed E-state index contributed by atoms with van der Waals surface area (Å²) >= 11 is 0. The summed E-state index contributed by atoms with van der Waals surface area (Å²) in [5, 5.41) is 0.868. The summed E-state index contributed by atoms with van der Waals surface area (Å²) in [6.45, 7) is 2.33. The fourth-order valence-electron chi connectivity index (χ4n) is 4.53. The first-order chi connectivity index (χ1) is 14.8. The van der Waals surface area contributed by atoms with Crippen molar-refractivity contribution in [2.45, 2.75) is 19.1 Å². The van der Waals surface area contributed by atoms with Crippen LogP contribution in [0.15, 0.2) is 82.1 Å². The predicted molar refractivity (Wildman–Crippen MR) is 115 cm³/mol. The van der Waals surface area contributed by atoms with Crippen LogP contribution in [0.4, 0.5) is 0 Å². The number of nitrogens with zero attached hydrogens (tertiary/aromatic N) is 3. The van der Waals surface area contributed by atoms with Crippen molar-refractivity contribution < 1.29 is 4.42 Å². The number of aromatic nitrogens is 3. The smallest absolute Gasteiger partial charge is 0.294 e. The number of hydrogen-bond acceptors (Lipinski definition) is 4. The fourth-order valence-corrected chi connectivity index (χ4v) is 4.53. The van der Waals surface area contributed by atoms with Crippen LogP contribution in [0.2, 0.25) is 0 Å². The summed E-state index contributed by atoms with van der Waals surface area (Å²) in [6, 6.07) is 22.5. The van der Waals surface area contributed by atoms with Gasteiger partial charge in [-0.25, -0.2) is 4.98 Å². The zero-order valence-electron chi connectivity index (χ0n) is 16.3. The third-order valence-electron chi connectivity index (χ3n) is 5.89. The number of benzene rings is 2. The van der Waals surface area contributed by atoms with E-state index in [2.05, 4.69) is 57.0 Å². The standard InChI is InChI=1S/C24H20N4O2/c29-24-23-21(17-9-4-5-11-19(17)30-23)25-20(26-24)15-28-14-13-27-12-6-10-18(27)22(28)16-7-2-1-3-8-16/h1-12,22H,13-15H2,(H,25,26,29)/t22-/m1/s1. The van der Waals surface area contributed by atoms with Crippen LogP contribution in [0.1, 0.15) is 23.1 Å². The summed E-state index contributed by atoms with van der Waals surface area (Å²) in [4.78, 5) is 22.8. The highest BCUT2D eigenvalue weighted by atomic mass is 16.3. The van der Waals surface area contributed by atoms with Crippen LogP contribution in [0.5, 0.6) is 0 Å². The molecule has 30 heavy (non-hydrogen) atoms. The van der Waals surface area contributed by atoms with Gasteiger partial charge in [-0.3, -0.25) is 9.69 Å². The zero-order chi connectivity index (χ0) is 20.1. The molecule has 0 amide bonds.